The zero-order valence-corrected chi connectivity index (χ0v) is 13.6. The first-order valence-corrected chi connectivity index (χ1v) is 7.65. The molecule has 1 N–H and O–H groups in total. The molecule has 6 heteroatoms. The fourth-order valence-electron chi connectivity index (χ4n) is 2.10. The molecule has 0 aromatic heterocycles. The molecule has 5 nitrogen and oxygen atoms in total. The average molecular weight is 387 g/mol. The van der Waals surface area contributed by atoms with Crippen molar-refractivity contribution in [3.05, 3.63) is 33.4 Å². The average Bonchev–Trinajstić information content (AvgIpc) is 2.48. The van der Waals surface area contributed by atoms with E-state index >= 15 is 0 Å². The smallest absolute Gasteiger partial charge is 0.254 e. The molecule has 0 aliphatic carbocycles. The van der Waals surface area contributed by atoms with Gasteiger partial charge in [-0.15, -0.1) is 0 Å². The molecule has 0 atom stereocenters. The highest BCUT2D eigenvalue weighted by atomic mass is 127. The van der Waals surface area contributed by atoms with Crippen molar-refractivity contribution in [1.29, 1.82) is 0 Å². The second kappa shape index (κ2) is 7.03. The van der Waals surface area contributed by atoms with Crippen molar-refractivity contribution in [2.24, 2.45) is 0 Å². The van der Waals surface area contributed by atoms with Gasteiger partial charge in [-0.25, -0.2) is 0 Å². The van der Waals surface area contributed by atoms with E-state index in [1.165, 1.54) is 4.90 Å². The standard InChI is InChI=1S/C14H18IN3O2/c1-17(10-13(19)18-8-6-16-7-9-18)14(20)11-2-4-12(15)5-3-11/h2-5,16H,6-10H2,1H3. The number of likely N-dealkylation sites (N-methyl/N-ethyl adjacent to an activating group) is 1. The van der Waals surface area contributed by atoms with Gasteiger partial charge in [0.2, 0.25) is 5.91 Å². The van der Waals surface area contributed by atoms with Gasteiger partial charge in [-0.2, -0.15) is 0 Å². The Hall–Kier alpha value is -1.15. The molecule has 0 unspecified atom stereocenters. The number of amides is 2. The van der Waals surface area contributed by atoms with Crippen LogP contribution >= 0.6 is 22.6 Å². The first kappa shape index (κ1) is 15.2. The van der Waals surface area contributed by atoms with Crippen LogP contribution < -0.4 is 5.32 Å². The Kier molecular flexibility index (Phi) is 5.36. The van der Waals surface area contributed by atoms with Crippen molar-refractivity contribution < 1.29 is 9.59 Å². The lowest BCUT2D eigenvalue weighted by Gasteiger charge is -2.29. The van der Waals surface area contributed by atoms with Crippen LogP contribution in [-0.4, -0.2) is 61.4 Å². The van der Waals surface area contributed by atoms with E-state index in [1.807, 2.05) is 12.1 Å². The predicted molar refractivity (Wildman–Crippen MR) is 85.6 cm³/mol. The molecule has 0 spiro atoms. The third kappa shape index (κ3) is 3.92. The molecule has 2 rings (SSSR count). The number of benzene rings is 1. The molecule has 0 bridgehead atoms. The monoisotopic (exact) mass is 387 g/mol. The summed E-state index contributed by atoms with van der Waals surface area (Å²) in [5.74, 6) is -0.113. The third-order valence-corrected chi connectivity index (χ3v) is 4.00. The highest BCUT2D eigenvalue weighted by Gasteiger charge is 2.20. The van der Waals surface area contributed by atoms with Gasteiger partial charge in [0.1, 0.15) is 0 Å². The quantitative estimate of drug-likeness (QED) is 0.781. The van der Waals surface area contributed by atoms with Crippen LogP contribution in [0, 0.1) is 3.57 Å². The van der Waals surface area contributed by atoms with Crippen LogP contribution in [0.3, 0.4) is 0 Å². The Labute approximate surface area is 132 Å². The topological polar surface area (TPSA) is 52.7 Å². The molecule has 0 radical (unpaired) electrons. The number of nitrogens with zero attached hydrogens (tertiary/aromatic N) is 2. The van der Waals surface area contributed by atoms with Crippen LogP contribution in [0.4, 0.5) is 0 Å². The number of hydrogen-bond donors (Lipinski definition) is 1. The Bertz CT molecular complexity index is 484. The lowest BCUT2D eigenvalue weighted by molar-refractivity contribution is -0.132. The van der Waals surface area contributed by atoms with Gasteiger partial charge in [-0.3, -0.25) is 9.59 Å². The van der Waals surface area contributed by atoms with Gasteiger partial charge < -0.3 is 15.1 Å². The number of hydrogen-bond acceptors (Lipinski definition) is 3. The molecular weight excluding hydrogens is 369 g/mol. The number of piperazine rings is 1. The highest BCUT2D eigenvalue weighted by molar-refractivity contribution is 14.1. The normalized spacial score (nSPS) is 15.0. The van der Waals surface area contributed by atoms with E-state index in [0.717, 1.165) is 16.7 Å². The van der Waals surface area contributed by atoms with Crippen LogP contribution in [-0.2, 0) is 4.79 Å². The number of nitrogens with one attached hydrogen (secondary N) is 1. The molecular formula is C14H18IN3O2. The second-order valence-electron chi connectivity index (χ2n) is 4.80. The summed E-state index contributed by atoms with van der Waals surface area (Å²) in [5, 5.41) is 3.20. The zero-order valence-electron chi connectivity index (χ0n) is 11.4. The number of rotatable bonds is 3. The molecule has 108 valence electrons. The maximum Gasteiger partial charge on any atom is 0.254 e. The molecule has 0 saturated carbocycles. The fraction of sp³-hybridized carbons (Fsp3) is 0.429. The molecule has 1 aromatic rings. The largest absolute Gasteiger partial charge is 0.339 e. The van der Waals surface area contributed by atoms with E-state index in [9.17, 15) is 9.59 Å². The van der Waals surface area contributed by atoms with Crippen molar-refractivity contribution in [1.82, 2.24) is 15.1 Å². The Morgan fingerprint density at radius 3 is 2.45 bits per heavy atom. The SMILES string of the molecule is CN(CC(=O)N1CCNCC1)C(=O)c1ccc(I)cc1. The van der Waals surface area contributed by atoms with Crippen LogP contribution in [0.2, 0.25) is 0 Å². The summed E-state index contributed by atoms with van der Waals surface area (Å²) in [6, 6.07) is 7.35. The summed E-state index contributed by atoms with van der Waals surface area (Å²) in [6.07, 6.45) is 0. The van der Waals surface area contributed by atoms with E-state index in [1.54, 1.807) is 24.1 Å². The summed E-state index contributed by atoms with van der Waals surface area (Å²) in [7, 11) is 1.67. The molecule has 1 aromatic carbocycles. The molecule has 2 amide bonds. The van der Waals surface area contributed by atoms with Crippen LogP contribution in [0.25, 0.3) is 0 Å². The van der Waals surface area contributed by atoms with Crippen molar-refractivity contribution in [3.8, 4) is 0 Å². The Morgan fingerprint density at radius 2 is 1.85 bits per heavy atom. The number of carbonyl (C=O) groups excluding carboxylic acids is 2. The highest BCUT2D eigenvalue weighted by Crippen LogP contribution is 2.09. The summed E-state index contributed by atoms with van der Waals surface area (Å²) < 4.78 is 1.08. The fourth-order valence-corrected chi connectivity index (χ4v) is 2.46. The molecule has 1 saturated heterocycles. The van der Waals surface area contributed by atoms with E-state index in [2.05, 4.69) is 27.9 Å². The Morgan fingerprint density at radius 1 is 1.25 bits per heavy atom. The van der Waals surface area contributed by atoms with E-state index < -0.39 is 0 Å². The van der Waals surface area contributed by atoms with Gasteiger partial charge in [0.25, 0.3) is 5.91 Å². The van der Waals surface area contributed by atoms with Crippen LogP contribution in [0.15, 0.2) is 24.3 Å². The molecule has 1 aliphatic rings. The van der Waals surface area contributed by atoms with Gasteiger partial charge in [-0.05, 0) is 46.9 Å². The van der Waals surface area contributed by atoms with Gasteiger partial charge in [0.15, 0.2) is 0 Å². The molecule has 1 aliphatic heterocycles. The van der Waals surface area contributed by atoms with E-state index in [-0.39, 0.29) is 18.4 Å². The predicted octanol–water partition coefficient (Wildman–Crippen LogP) is 0.795. The molecule has 1 heterocycles. The molecule has 20 heavy (non-hydrogen) atoms. The van der Waals surface area contributed by atoms with Crippen molar-refractivity contribution in [2.45, 2.75) is 0 Å². The van der Waals surface area contributed by atoms with Gasteiger partial charge in [0.05, 0.1) is 6.54 Å². The Balaban J connectivity index is 1.93. The minimum atomic E-state index is -0.120. The van der Waals surface area contributed by atoms with Crippen LogP contribution in [0.5, 0.6) is 0 Å². The van der Waals surface area contributed by atoms with Crippen LogP contribution in [0.1, 0.15) is 10.4 Å². The summed E-state index contributed by atoms with van der Waals surface area (Å²) >= 11 is 2.19. The van der Waals surface area contributed by atoms with Gasteiger partial charge in [0, 0.05) is 42.4 Å². The van der Waals surface area contributed by atoms with Gasteiger partial charge >= 0.3 is 0 Å². The maximum absolute atomic E-state index is 12.2. The third-order valence-electron chi connectivity index (χ3n) is 3.28. The number of halogens is 1. The minimum Gasteiger partial charge on any atom is -0.339 e. The van der Waals surface area contributed by atoms with E-state index in [0.29, 0.717) is 18.7 Å². The molecule has 1 fully saturated rings. The first-order valence-electron chi connectivity index (χ1n) is 6.57. The van der Waals surface area contributed by atoms with E-state index in [4.69, 9.17) is 0 Å². The summed E-state index contributed by atoms with van der Waals surface area (Å²) in [6.45, 7) is 3.20. The second-order valence-corrected chi connectivity index (χ2v) is 6.04. The first-order chi connectivity index (χ1) is 9.58. The summed E-state index contributed by atoms with van der Waals surface area (Å²) in [4.78, 5) is 27.6. The number of carbonyl (C=O) groups is 2. The van der Waals surface area contributed by atoms with Crippen molar-refractivity contribution >= 4 is 34.4 Å². The minimum absolute atomic E-state index is 0.00728. The lowest BCUT2D eigenvalue weighted by atomic mass is 10.2. The zero-order chi connectivity index (χ0) is 14.5. The van der Waals surface area contributed by atoms with Gasteiger partial charge in [-0.1, -0.05) is 0 Å². The van der Waals surface area contributed by atoms with Crippen molar-refractivity contribution in [2.75, 3.05) is 39.8 Å². The summed E-state index contributed by atoms with van der Waals surface area (Å²) in [5.41, 5.74) is 0.612. The van der Waals surface area contributed by atoms with Crippen molar-refractivity contribution in [3.63, 3.8) is 0 Å². The lowest BCUT2D eigenvalue weighted by Crippen LogP contribution is -2.49. The maximum atomic E-state index is 12.2.